The molecule has 0 amide bonds. The van der Waals surface area contributed by atoms with E-state index >= 15 is 0 Å². The van der Waals surface area contributed by atoms with Gasteiger partial charge in [0.15, 0.2) is 0 Å². The summed E-state index contributed by atoms with van der Waals surface area (Å²) in [5.74, 6) is 0.847. The van der Waals surface area contributed by atoms with E-state index in [1.807, 2.05) is 12.1 Å². The van der Waals surface area contributed by atoms with Gasteiger partial charge in [-0.15, -0.1) is 0 Å². The molecule has 1 aromatic rings. The van der Waals surface area contributed by atoms with Crippen molar-refractivity contribution in [1.29, 1.82) is 5.26 Å². The van der Waals surface area contributed by atoms with Crippen molar-refractivity contribution >= 4 is 5.82 Å². The zero-order chi connectivity index (χ0) is 9.97. The number of rotatable bonds is 1. The molecule has 1 aliphatic rings. The van der Waals surface area contributed by atoms with Crippen LogP contribution in [0.5, 0.6) is 0 Å². The molecule has 0 N–H and O–H groups in total. The molecule has 72 valence electrons. The Balaban J connectivity index is 2.36. The fourth-order valence-corrected chi connectivity index (χ4v) is 1.96. The maximum Gasteiger partial charge on any atom is 0.146 e. The van der Waals surface area contributed by atoms with Crippen LogP contribution in [0.2, 0.25) is 0 Å². The van der Waals surface area contributed by atoms with E-state index in [2.05, 4.69) is 22.9 Å². The molecule has 1 fully saturated rings. The van der Waals surface area contributed by atoms with Crippen LogP contribution in [-0.2, 0) is 0 Å². The van der Waals surface area contributed by atoms with Crippen LogP contribution in [0.1, 0.15) is 25.3 Å². The van der Waals surface area contributed by atoms with E-state index in [9.17, 15) is 0 Å². The van der Waals surface area contributed by atoms with Gasteiger partial charge in [-0.25, -0.2) is 4.98 Å². The minimum absolute atomic E-state index is 0.511. The Morgan fingerprint density at radius 3 is 3.14 bits per heavy atom. The van der Waals surface area contributed by atoms with Crippen LogP contribution in [0.3, 0.4) is 0 Å². The molecule has 1 atom stereocenters. The minimum Gasteiger partial charge on any atom is -0.353 e. The lowest BCUT2D eigenvalue weighted by Crippen LogP contribution is -2.27. The maximum atomic E-state index is 8.95. The van der Waals surface area contributed by atoms with Gasteiger partial charge in [-0.05, 0) is 31.9 Å². The first-order chi connectivity index (χ1) is 6.83. The van der Waals surface area contributed by atoms with E-state index in [4.69, 9.17) is 5.26 Å². The van der Waals surface area contributed by atoms with Crippen LogP contribution in [0, 0.1) is 11.3 Å². The normalized spacial score (nSPS) is 20.9. The molecule has 0 aliphatic carbocycles. The summed E-state index contributed by atoms with van der Waals surface area (Å²) in [4.78, 5) is 6.51. The van der Waals surface area contributed by atoms with Crippen LogP contribution in [0.15, 0.2) is 18.3 Å². The van der Waals surface area contributed by atoms with Crippen LogP contribution in [-0.4, -0.2) is 17.6 Å². The third-order valence-electron chi connectivity index (χ3n) is 2.73. The second-order valence-corrected chi connectivity index (χ2v) is 3.67. The lowest BCUT2D eigenvalue weighted by molar-refractivity contribution is 0.726. The molecule has 0 bridgehead atoms. The lowest BCUT2D eigenvalue weighted by atomic mass is 10.2. The van der Waals surface area contributed by atoms with Gasteiger partial charge in [0.2, 0.25) is 0 Å². The molecule has 0 radical (unpaired) electrons. The predicted molar refractivity (Wildman–Crippen MR) is 55.0 cm³/mol. The molecule has 1 aliphatic heterocycles. The van der Waals surface area contributed by atoms with Crippen molar-refractivity contribution in [3.05, 3.63) is 23.9 Å². The highest BCUT2D eigenvalue weighted by molar-refractivity contribution is 5.54. The third kappa shape index (κ3) is 1.44. The molecule has 3 nitrogen and oxygen atoms in total. The molecule has 14 heavy (non-hydrogen) atoms. The first-order valence-corrected chi connectivity index (χ1v) is 4.94. The summed E-state index contributed by atoms with van der Waals surface area (Å²) in [7, 11) is 0. The number of nitrogens with zero attached hydrogens (tertiary/aromatic N) is 3. The largest absolute Gasteiger partial charge is 0.353 e. The predicted octanol–water partition coefficient (Wildman–Crippen LogP) is 1.94. The van der Waals surface area contributed by atoms with Crippen molar-refractivity contribution in [1.82, 2.24) is 4.98 Å². The number of nitriles is 1. The summed E-state index contributed by atoms with van der Waals surface area (Å²) in [5, 5.41) is 8.95. The molecule has 1 aromatic heterocycles. The summed E-state index contributed by atoms with van der Waals surface area (Å²) in [6, 6.07) is 6.34. The number of aromatic nitrogens is 1. The molecule has 3 heteroatoms. The minimum atomic E-state index is 0.511. The Kier molecular flexibility index (Phi) is 2.36. The SMILES string of the molecule is CC1CCCN1c1ncccc1C#N. The van der Waals surface area contributed by atoms with Crippen molar-refractivity contribution < 1.29 is 0 Å². The summed E-state index contributed by atoms with van der Waals surface area (Å²) in [5.41, 5.74) is 0.682. The summed E-state index contributed by atoms with van der Waals surface area (Å²) in [6.45, 7) is 3.20. The Morgan fingerprint density at radius 1 is 1.64 bits per heavy atom. The number of hydrogen-bond acceptors (Lipinski definition) is 3. The summed E-state index contributed by atoms with van der Waals surface area (Å²) in [6.07, 6.45) is 4.14. The molecule has 2 heterocycles. The quantitative estimate of drug-likeness (QED) is 0.674. The molecule has 0 saturated carbocycles. The summed E-state index contributed by atoms with van der Waals surface area (Å²) >= 11 is 0. The Morgan fingerprint density at radius 2 is 2.50 bits per heavy atom. The summed E-state index contributed by atoms with van der Waals surface area (Å²) < 4.78 is 0. The van der Waals surface area contributed by atoms with E-state index in [1.54, 1.807) is 6.20 Å². The van der Waals surface area contributed by atoms with E-state index in [-0.39, 0.29) is 0 Å². The second-order valence-electron chi connectivity index (χ2n) is 3.67. The smallest absolute Gasteiger partial charge is 0.146 e. The first kappa shape index (κ1) is 9.01. The van der Waals surface area contributed by atoms with Crippen LogP contribution < -0.4 is 4.90 Å². The standard InChI is InChI=1S/C11H13N3/c1-9-4-3-7-14(9)11-10(8-12)5-2-6-13-11/h2,5-6,9H,3-4,7H2,1H3. The molecule has 2 rings (SSSR count). The van der Waals surface area contributed by atoms with Crippen molar-refractivity contribution in [2.24, 2.45) is 0 Å². The van der Waals surface area contributed by atoms with E-state index < -0.39 is 0 Å². The maximum absolute atomic E-state index is 8.95. The van der Waals surface area contributed by atoms with Gasteiger partial charge in [0.05, 0.1) is 5.56 Å². The Labute approximate surface area is 84.0 Å². The van der Waals surface area contributed by atoms with Gasteiger partial charge in [0, 0.05) is 18.8 Å². The van der Waals surface area contributed by atoms with Crippen LogP contribution in [0.25, 0.3) is 0 Å². The highest BCUT2D eigenvalue weighted by Crippen LogP contribution is 2.25. The van der Waals surface area contributed by atoms with E-state index in [0.717, 1.165) is 12.4 Å². The van der Waals surface area contributed by atoms with Crippen molar-refractivity contribution in [2.75, 3.05) is 11.4 Å². The van der Waals surface area contributed by atoms with Gasteiger partial charge < -0.3 is 4.90 Å². The van der Waals surface area contributed by atoms with Gasteiger partial charge in [0.1, 0.15) is 11.9 Å². The van der Waals surface area contributed by atoms with Gasteiger partial charge in [-0.2, -0.15) is 5.26 Å². The fourth-order valence-electron chi connectivity index (χ4n) is 1.96. The Bertz CT molecular complexity index is 367. The van der Waals surface area contributed by atoms with Crippen molar-refractivity contribution in [2.45, 2.75) is 25.8 Å². The molecular weight excluding hydrogens is 174 g/mol. The zero-order valence-electron chi connectivity index (χ0n) is 8.27. The van der Waals surface area contributed by atoms with Gasteiger partial charge in [0.25, 0.3) is 0 Å². The molecule has 1 saturated heterocycles. The Hall–Kier alpha value is -1.56. The lowest BCUT2D eigenvalue weighted by Gasteiger charge is -2.23. The molecule has 0 aromatic carbocycles. The van der Waals surface area contributed by atoms with Gasteiger partial charge >= 0.3 is 0 Å². The fraction of sp³-hybridized carbons (Fsp3) is 0.455. The topological polar surface area (TPSA) is 39.9 Å². The average Bonchev–Trinajstić information content (AvgIpc) is 2.64. The zero-order valence-corrected chi connectivity index (χ0v) is 8.27. The van der Waals surface area contributed by atoms with E-state index in [0.29, 0.717) is 11.6 Å². The van der Waals surface area contributed by atoms with Crippen molar-refractivity contribution in [3.8, 4) is 6.07 Å². The van der Waals surface area contributed by atoms with Gasteiger partial charge in [-0.3, -0.25) is 0 Å². The number of hydrogen-bond donors (Lipinski definition) is 0. The second kappa shape index (κ2) is 3.67. The number of anilines is 1. The highest BCUT2D eigenvalue weighted by Gasteiger charge is 2.23. The average molecular weight is 187 g/mol. The van der Waals surface area contributed by atoms with E-state index in [1.165, 1.54) is 12.8 Å². The van der Waals surface area contributed by atoms with Crippen LogP contribution >= 0.6 is 0 Å². The molecular formula is C11H13N3. The van der Waals surface area contributed by atoms with Crippen molar-refractivity contribution in [3.63, 3.8) is 0 Å². The number of pyridine rings is 1. The molecule has 0 spiro atoms. The monoisotopic (exact) mass is 187 g/mol. The first-order valence-electron chi connectivity index (χ1n) is 4.94. The third-order valence-corrected chi connectivity index (χ3v) is 2.73. The highest BCUT2D eigenvalue weighted by atomic mass is 15.2. The molecule has 1 unspecified atom stereocenters. The van der Waals surface area contributed by atoms with Crippen LogP contribution in [0.4, 0.5) is 5.82 Å². The van der Waals surface area contributed by atoms with Gasteiger partial charge in [-0.1, -0.05) is 0 Å².